The molecule has 10 heteroatoms. The summed E-state index contributed by atoms with van der Waals surface area (Å²) in [5.74, 6) is -2.29. The van der Waals surface area contributed by atoms with Crippen molar-refractivity contribution in [3.05, 3.63) is 86.8 Å². The zero-order chi connectivity index (χ0) is 30.4. The van der Waals surface area contributed by atoms with Crippen LogP contribution < -0.4 is 4.90 Å². The predicted molar refractivity (Wildman–Crippen MR) is 165 cm³/mol. The number of fused-ring (bicyclic) bond motifs is 2. The van der Waals surface area contributed by atoms with Crippen LogP contribution in [0.1, 0.15) is 52.0 Å². The third-order valence-electron chi connectivity index (χ3n) is 8.24. The molecule has 6 rings (SSSR count). The van der Waals surface area contributed by atoms with Crippen LogP contribution in [-0.4, -0.2) is 40.3 Å². The second-order valence-electron chi connectivity index (χ2n) is 10.8. The van der Waals surface area contributed by atoms with Crippen LogP contribution in [-0.2, 0) is 14.3 Å². The molecule has 8 nitrogen and oxygen atoms in total. The number of carbonyl (C=O) groups is 4. The van der Waals surface area contributed by atoms with E-state index in [2.05, 4.69) is 15.9 Å². The molecule has 2 heterocycles. The smallest absolute Gasteiger partial charge is 0.339 e. The Bertz CT molecular complexity index is 1800. The van der Waals surface area contributed by atoms with Gasteiger partial charge in [-0.25, -0.2) is 9.78 Å². The minimum Gasteiger partial charge on any atom is -0.507 e. The van der Waals surface area contributed by atoms with Gasteiger partial charge in [0.05, 0.1) is 44.9 Å². The van der Waals surface area contributed by atoms with Gasteiger partial charge in [0.25, 0.3) is 0 Å². The Morgan fingerprint density at radius 1 is 1.00 bits per heavy atom. The van der Waals surface area contributed by atoms with Gasteiger partial charge in [0.1, 0.15) is 5.75 Å². The first kappa shape index (κ1) is 29.0. The molecule has 0 bridgehead atoms. The van der Waals surface area contributed by atoms with Gasteiger partial charge in [0.15, 0.2) is 6.61 Å². The van der Waals surface area contributed by atoms with Gasteiger partial charge in [-0.2, -0.15) is 0 Å². The molecule has 3 aromatic carbocycles. The van der Waals surface area contributed by atoms with E-state index in [9.17, 15) is 24.3 Å². The Balaban J connectivity index is 1.34. The average molecular weight is 662 g/mol. The Morgan fingerprint density at radius 2 is 1.65 bits per heavy atom. The normalized spacial score (nSPS) is 18.2. The van der Waals surface area contributed by atoms with E-state index in [0.29, 0.717) is 42.9 Å². The van der Waals surface area contributed by atoms with E-state index in [-0.39, 0.29) is 40.5 Å². The molecular weight excluding hydrogens is 636 g/mol. The standard InChI is InChI=1S/C33H26BrClN2O6/c1-17-29(35)25(34)14-23-24(33(42)43-16-28(39)22-8-4-5-9-27(22)38)15-26(36-30(17)23)18-10-12-19(13-11-18)37-31(40)20-6-2-3-7-21(20)32(37)41/h4-5,8-15,20-21,38H,2-3,6-7,16H2,1H3. The number of ether oxygens (including phenoxy) is 1. The molecule has 2 unspecified atom stereocenters. The van der Waals surface area contributed by atoms with Crippen LogP contribution in [0.2, 0.25) is 5.02 Å². The fraction of sp³-hybridized carbons (Fsp3) is 0.242. The van der Waals surface area contributed by atoms with Crippen LogP contribution in [0.4, 0.5) is 5.69 Å². The number of hydrogen-bond donors (Lipinski definition) is 1. The largest absolute Gasteiger partial charge is 0.507 e. The molecule has 1 aliphatic carbocycles. The molecule has 1 N–H and O–H groups in total. The average Bonchev–Trinajstić information content (AvgIpc) is 3.27. The van der Waals surface area contributed by atoms with Gasteiger partial charge in [-0.1, -0.05) is 48.7 Å². The number of amides is 2. The number of pyridine rings is 1. The zero-order valence-electron chi connectivity index (χ0n) is 23.1. The van der Waals surface area contributed by atoms with Crippen molar-refractivity contribution in [2.24, 2.45) is 11.8 Å². The lowest BCUT2D eigenvalue weighted by molar-refractivity contribution is -0.122. The molecule has 2 atom stereocenters. The van der Waals surface area contributed by atoms with Crippen LogP contribution in [0, 0.1) is 18.8 Å². The summed E-state index contributed by atoms with van der Waals surface area (Å²) in [6, 6.07) is 16.2. The number of ketones is 1. The minimum atomic E-state index is -0.751. The van der Waals surface area contributed by atoms with Crippen molar-refractivity contribution in [2.45, 2.75) is 32.6 Å². The van der Waals surface area contributed by atoms with E-state index in [1.165, 1.54) is 17.0 Å². The van der Waals surface area contributed by atoms with Crippen LogP contribution in [0.25, 0.3) is 22.2 Å². The molecule has 1 aliphatic heterocycles. The second-order valence-corrected chi connectivity index (χ2v) is 12.1. The summed E-state index contributed by atoms with van der Waals surface area (Å²) in [5, 5.41) is 10.9. The molecule has 4 aromatic rings. The number of aryl methyl sites for hydroxylation is 1. The van der Waals surface area contributed by atoms with Crippen molar-refractivity contribution in [3.8, 4) is 17.0 Å². The molecule has 43 heavy (non-hydrogen) atoms. The zero-order valence-corrected chi connectivity index (χ0v) is 25.4. The summed E-state index contributed by atoms with van der Waals surface area (Å²) in [6.07, 6.45) is 3.38. The van der Waals surface area contributed by atoms with Gasteiger partial charge in [-0.05, 0) is 77.7 Å². The summed E-state index contributed by atoms with van der Waals surface area (Å²) in [7, 11) is 0. The first-order valence-electron chi connectivity index (χ1n) is 13.9. The number of aromatic hydroxyl groups is 1. The molecular formula is C33H26BrClN2O6. The molecule has 1 saturated heterocycles. The maximum absolute atomic E-state index is 13.4. The maximum atomic E-state index is 13.4. The number of nitrogens with zero attached hydrogens (tertiary/aromatic N) is 2. The first-order chi connectivity index (χ1) is 20.7. The summed E-state index contributed by atoms with van der Waals surface area (Å²) >= 11 is 9.94. The van der Waals surface area contributed by atoms with E-state index in [1.54, 1.807) is 55.5 Å². The fourth-order valence-corrected chi connectivity index (χ4v) is 6.64. The SMILES string of the molecule is Cc1c(Cl)c(Br)cc2c(C(=O)OCC(=O)c3ccccc3O)cc(-c3ccc(N4C(=O)C5CCCCC5C4=O)cc3)nc12. The highest BCUT2D eigenvalue weighted by molar-refractivity contribution is 9.10. The number of esters is 1. The Morgan fingerprint density at radius 3 is 2.30 bits per heavy atom. The summed E-state index contributed by atoms with van der Waals surface area (Å²) in [4.78, 5) is 58.3. The number of aromatic nitrogens is 1. The Hall–Kier alpha value is -4.08. The van der Waals surface area contributed by atoms with E-state index in [1.807, 2.05) is 0 Å². The highest BCUT2D eigenvalue weighted by Crippen LogP contribution is 2.41. The van der Waals surface area contributed by atoms with Crippen LogP contribution in [0.5, 0.6) is 5.75 Å². The Labute approximate surface area is 260 Å². The number of rotatable bonds is 6. The highest BCUT2D eigenvalue weighted by Gasteiger charge is 2.48. The van der Waals surface area contributed by atoms with Gasteiger partial charge in [-0.3, -0.25) is 19.3 Å². The number of anilines is 1. The van der Waals surface area contributed by atoms with Gasteiger partial charge in [0, 0.05) is 15.4 Å². The molecule has 2 amide bonds. The topological polar surface area (TPSA) is 114 Å². The number of phenolic OH excluding ortho intramolecular Hbond substituents is 1. The van der Waals surface area contributed by atoms with E-state index < -0.39 is 18.4 Å². The number of hydrogen-bond acceptors (Lipinski definition) is 7. The van der Waals surface area contributed by atoms with Crippen molar-refractivity contribution in [2.75, 3.05) is 11.5 Å². The van der Waals surface area contributed by atoms with Crippen LogP contribution >= 0.6 is 27.5 Å². The third-order valence-corrected chi connectivity index (χ3v) is 9.59. The summed E-state index contributed by atoms with van der Waals surface area (Å²) < 4.78 is 5.98. The summed E-state index contributed by atoms with van der Waals surface area (Å²) in [5.41, 5.74) is 2.91. The molecule has 218 valence electrons. The number of halogens is 2. The number of carbonyl (C=O) groups excluding carboxylic acids is 4. The van der Waals surface area contributed by atoms with Crippen molar-refractivity contribution >= 4 is 67.7 Å². The van der Waals surface area contributed by atoms with Crippen molar-refractivity contribution in [3.63, 3.8) is 0 Å². The highest BCUT2D eigenvalue weighted by atomic mass is 79.9. The van der Waals surface area contributed by atoms with Gasteiger partial charge >= 0.3 is 5.97 Å². The molecule has 0 radical (unpaired) electrons. The van der Waals surface area contributed by atoms with Crippen LogP contribution in [0.15, 0.2) is 65.1 Å². The van der Waals surface area contributed by atoms with Gasteiger partial charge < -0.3 is 9.84 Å². The quantitative estimate of drug-likeness (QED) is 0.134. The van der Waals surface area contributed by atoms with Crippen molar-refractivity contribution in [1.82, 2.24) is 4.98 Å². The minimum absolute atomic E-state index is 0.0512. The number of benzene rings is 3. The fourth-order valence-electron chi connectivity index (χ4n) is 5.97. The lowest BCUT2D eigenvalue weighted by atomic mass is 9.81. The Kier molecular flexibility index (Phi) is 7.79. The molecule has 1 saturated carbocycles. The maximum Gasteiger partial charge on any atom is 0.339 e. The van der Waals surface area contributed by atoms with E-state index >= 15 is 0 Å². The molecule has 1 aromatic heterocycles. The molecule has 0 spiro atoms. The van der Waals surface area contributed by atoms with Crippen molar-refractivity contribution in [1.29, 1.82) is 0 Å². The number of imide groups is 1. The lowest BCUT2D eigenvalue weighted by Gasteiger charge is -2.19. The second kappa shape index (κ2) is 11.5. The first-order valence-corrected chi connectivity index (χ1v) is 15.1. The van der Waals surface area contributed by atoms with Gasteiger partial charge in [0.2, 0.25) is 17.6 Å². The van der Waals surface area contributed by atoms with Gasteiger partial charge in [-0.15, -0.1) is 0 Å². The van der Waals surface area contributed by atoms with E-state index in [0.717, 1.165) is 25.7 Å². The summed E-state index contributed by atoms with van der Waals surface area (Å²) in [6.45, 7) is 1.22. The third kappa shape index (κ3) is 5.21. The predicted octanol–water partition coefficient (Wildman–Crippen LogP) is 7.05. The molecule has 2 fully saturated rings. The number of Topliss-reactive ketones (excluding diaryl/α,β-unsaturated/α-hetero) is 1. The van der Waals surface area contributed by atoms with Crippen LogP contribution in [0.3, 0.4) is 0 Å². The monoisotopic (exact) mass is 660 g/mol. The lowest BCUT2D eigenvalue weighted by Crippen LogP contribution is -2.30. The number of phenols is 1. The number of para-hydroxylation sites is 1. The molecule has 2 aliphatic rings. The van der Waals surface area contributed by atoms with Crippen molar-refractivity contribution < 1.29 is 29.0 Å². The van der Waals surface area contributed by atoms with E-state index in [4.69, 9.17) is 21.3 Å².